The van der Waals surface area contributed by atoms with Gasteiger partial charge in [0.15, 0.2) is 11.6 Å². The van der Waals surface area contributed by atoms with Gasteiger partial charge < -0.3 is 5.10 Å². The maximum Gasteiger partial charge on any atom is 0.284 e. The third kappa shape index (κ3) is 1.69. The molecule has 6 heteroatoms. The van der Waals surface area contributed by atoms with Crippen molar-refractivity contribution in [2.24, 2.45) is 7.05 Å². The van der Waals surface area contributed by atoms with Crippen molar-refractivity contribution >= 4 is 11.6 Å². The smallest absolute Gasteiger partial charge is 0.284 e. The van der Waals surface area contributed by atoms with E-state index in [1.807, 2.05) is 0 Å². The minimum absolute atomic E-state index is 0.290. The summed E-state index contributed by atoms with van der Waals surface area (Å²) in [7, 11) is 1.79. The van der Waals surface area contributed by atoms with Gasteiger partial charge in [0, 0.05) is 23.8 Å². The number of fused-ring (bicyclic) bond motifs is 1. The minimum Gasteiger partial charge on any atom is -0.304 e. The Morgan fingerprint density at radius 3 is 2.67 bits per heavy atom. The highest BCUT2D eigenvalue weighted by Crippen LogP contribution is 2.20. The summed E-state index contributed by atoms with van der Waals surface area (Å²) in [5, 5.41) is 3.53. The lowest BCUT2D eigenvalue weighted by atomic mass is 10.2. The molecule has 3 rings (SSSR count). The predicted octanol–water partition coefficient (Wildman–Crippen LogP) is 1.93. The Hall–Kier alpha value is -2.14. The Morgan fingerprint density at radius 2 is 1.94 bits per heavy atom. The summed E-state index contributed by atoms with van der Waals surface area (Å²) in [5.74, 6) is 0.985. The molecule has 2 aliphatic heterocycles. The quantitative estimate of drug-likeness (QED) is 0.727. The molecule has 0 bridgehead atoms. The lowest BCUT2D eigenvalue weighted by Gasteiger charge is -2.03. The van der Waals surface area contributed by atoms with Crippen molar-refractivity contribution in [3.8, 4) is 22.8 Å². The Morgan fingerprint density at radius 1 is 1.22 bits per heavy atom. The number of halogens is 1. The van der Waals surface area contributed by atoms with E-state index >= 15 is 0 Å². The van der Waals surface area contributed by atoms with Gasteiger partial charge in [0.25, 0.3) is 5.56 Å². The first-order valence-corrected chi connectivity index (χ1v) is 5.71. The fourth-order valence-corrected chi connectivity index (χ4v) is 1.90. The van der Waals surface area contributed by atoms with E-state index in [0.717, 1.165) is 5.56 Å². The Labute approximate surface area is 107 Å². The van der Waals surface area contributed by atoms with Crippen molar-refractivity contribution in [3.05, 3.63) is 45.8 Å². The second kappa shape index (κ2) is 3.96. The number of H-pyrrole nitrogens is 1. The summed E-state index contributed by atoms with van der Waals surface area (Å²) < 4.78 is 1.68. The number of nitrogens with one attached hydrogen (secondary N) is 1. The Balaban J connectivity index is 2.24. The van der Waals surface area contributed by atoms with Gasteiger partial charge in [-0.3, -0.25) is 9.48 Å². The van der Waals surface area contributed by atoms with E-state index in [4.69, 9.17) is 11.6 Å². The first kappa shape index (κ1) is 11.0. The molecular weight excluding hydrogens is 252 g/mol. The number of aryl methyl sites for hydroxylation is 1. The molecule has 0 aromatic heterocycles. The van der Waals surface area contributed by atoms with Gasteiger partial charge in [0.1, 0.15) is 5.56 Å². The maximum atomic E-state index is 11.8. The molecule has 2 aliphatic rings. The summed E-state index contributed by atoms with van der Waals surface area (Å²) in [6.07, 6.45) is 1.60. The molecule has 0 atom stereocenters. The van der Waals surface area contributed by atoms with Crippen LogP contribution >= 0.6 is 11.6 Å². The molecule has 90 valence electrons. The molecule has 0 spiro atoms. The average molecular weight is 261 g/mol. The molecule has 0 saturated heterocycles. The van der Waals surface area contributed by atoms with E-state index in [-0.39, 0.29) is 5.56 Å². The molecule has 0 unspecified atom stereocenters. The minimum atomic E-state index is -0.290. The number of aromatic nitrogens is 4. The summed E-state index contributed by atoms with van der Waals surface area (Å²) >= 11 is 5.82. The van der Waals surface area contributed by atoms with Crippen LogP contribution in [0.5, 0.6) is 0 Å². The van der Waals surface area contributed by atoms with E-state index in [1.165, 1.54) is 0 Å². The van der Waals surface area contributed by atoms with Crippen LogP contribution in [0.1, 0.15) is 0 Å². The van der Waals surface area contributed by atoms with Gasteiger partial charge in [-0.2, -0.15) is 4.98 Å². The number of benzene rings is 1. The SMILES string of the molecule is Cn1[nH]cc2c(=O)nc(-c3ccc(Cl)cc3)nc1-2. The predicted molar refractivity (Wildman–Crippen MR) is 68.7 cm³/mol. The molecule has 1 aromatic carbocycles. The molecule has 0 radical (unpaired) electrons. The molecule has 0 fully saturated rings. The van der Waals surface area contributed by atoms with Crippen LogP contribution in [0.25, 0.3) is 22.8 Å². The Bertz CT molecular complexity index is 729. The molecule has 1 N–H and O–H groups in total. The number of rotatable bonds is 1. The van der Waals surface area contributed by atoms with Gasteiger partial charge >= 0.3 is 0 Å². The van der Waals surface area contributed by atoms with Crippen LogP contribution < -0.4 is 5.56 Å². The maximum absolute atomic E-state index is 11.8. The van der Waals surface area contributed by atoms with Crippen LogP contribution in [0.4, 0.5) is 0 Å². The molecule has 18 heavy (non-hydrogen) atoms. The molecule has 2 heterocycles. The second-order valence-corrected chi connectivity index (χ2v) is 4.37. The highest BCUT2D eigenvalue weighted by atomic mass is 35.5. The lowest BCUT2D eigenvalue weighted by molar-refractivity contribution is 0.761. The van der Waals surface area contributed by atoms with Crippen LogP contribution in [-0.2, 0) is 7.05 Å². The van der Waals surface area contributed by atoms with Crippen molar-refractivity contribution in [1.29, 1.82) is 0 Å². The largest absolute Gasteiger partial charge is 0.304 e. The highest BCUT2D eigenvalue weighted by molar-refractivity contribution is 6.30. The van der Waals surface area contributed by atoms with E-state index in [0.29, 0.717) is 22.2 Å². The standard InChI is InChI=1S/C12H9ClN4O/c1-17-11-9(6-14-17)12(18)16-10(15-11)7-2-4-8(13)5-3-7/h2-6,14H,1H3. The highest BCUT2D eigenvalue weighted by Gasteiger charge is 2.15. The van der Waals surface area contributed by atoms with Gasteiger partial charge in [-0.1, -0.05) is 11.6 Å². The monoisotopic (exact) mass is 260 g/mol. The fourth-order valence-electron chi connectivity index (χ4n) is 1.77. The van der Waals surface area contributed by atoms with Gasteiger partial charge in [-0.05, 0) is 24.3 Å². The second-order valence-electron chi connectivity index (χ2n) is 3.93. The summed E-state index contributed by atoms with van der Waals surface area (Å²) in [4.78, 5) is 20.2. The van der Waals surface area contributed by atoms with Gasteiger partial charge in [0.2, 0.25) is 0 Å². The summed E-state index contributed by atoms with van der Waals surface area (Å²) in [5.41, 5.74) is 0.955. The van der Waals surface area contributed by atoms with Crippen LogP contribution in [-0.4, -0.2) is 19.7 Å². The van der Waals surface area contributed by atoms with Gasteiger partial charge in [-0.25, -0.2) is 4.98 Å². The zero-order valence-electron chi connectivity index (χ0n) is 9.51. The Kier molecular flexibility index (Phi) is 2.41. The molecule has 5 nitrogen and oxygen atoms in total. The third-order valence-corrected chi connectivity index (χ3v) is 2.97. The number of hydrogen-bond acceptors (Lipinski definition) is 3. The summed E-state index contributed by atoms with van der Waals surface area (Å²) in [6, 6.07) is 7.06. The zero-order chi connectivity index (χ0) is 12.7. The fraction of sp³-hybridized carbons (Fsp3) is 0.0833. The number of aromatic amines is 1. The van der Waals surface area contributed by atoms with Crippen molar-refractivity contribution < 1.29 is 0 Å². The first-order valence-electron chi connectivity index (χ1n) is 5.33. The molecule has 1 aromatic rings. The van der Waals surface area contributed by atoms with Crippen molar-refractivity contribution in [1.82, 2.24) is 19.7 Å². The van der Waals surface area contributed by atoms with Crippen LogP contribution in [0.3, 0.4) is 0 Å². The van der Waals surface area contributed by atoms with Crippen molar-refractivity contribution in [2.45, 2.75) is 0 Å². The first-order chi connectivity index (χ1) is 8.65. The van der Waals surface area contributed by atoms with Crippen molar-refractivity contribution in [3.63, 3.8) is 0 Å². The number of hydrogen-bond donors (Lipinski definition) is 1. The lowest BCUT2D eigenvalue weighted by Crippen LogP contribution is -2.13. The summed E-state index contributed by atoms with van der Waals surface area (Å²) in [6.45, 7) is 0. The molecule has 0 saturated carbocycles. The van der Waals surface area contributed by atoms with E-state index in [9.17, 15) is 4.79 Å². The third-order valence-electron chi connectivity index (χ3n) is 2.71. The van der Waals surface area contributed by atoms with Gasteiger partial charge in [0.05, 0.1) is 0 Å². The van der Waals surface area contributed by atoms with Crippen molar-refractivity contribution in [2.75, 3.05) is 0 Å². The number of nitrogens with zero attached hydrogens (tertiary/aromatic N) is 3. The van der Waals surface area contributed by atoms with E-state index in [2.05, 4.69) is 15.1 Å². The van der Waals surface area contributed by atoms with E-state index in [1.54, 1.807) is 42.2 Å². The van der Waals surface area contributed by atoms with Crippen LogP contribution in [0.2, 0.25) is 5.02 Å². The van der Waals surface area contributed by atoms with Crippen LogP contribution in [0.15, 0.2) is 35.3 Å². The average Bonchev–Trinajstić information content (AvgIpc) is 2.73. The van der Waals surface area contributed by atoms with Gasteiger partial charge in [-0.15, -0.1) is 0 Å². The molecule has 0 amide bonds. The molecule has 0 aliphatic carbocycles. The van der Waals surface area contributed by atoms with E-state index < -0.39 is 0 Å². The molecular formula is C12H9ClN4O. The normalized spacial score (nSPS) is 11.0. The zero-order valence-corrected chi connectivity index (χ0v) is 10.3. The van der Waals surface area contributed by atoms with Crippen LogP contribution in [0, 0.1) is 0 Å². The topological polar surface area (TPSA) is 63.6 Å².